The number of hydrogen-bond donors (Lipinski definition) is 3. The minimum atomic E-state index is -0.781. The lowest BCUT2D eigenvalue weighted by molar-refractivity contribution is -0.139. The predicted octanol–water partition coefficient (Wildman–Crippen LogP) is -0.00350. The molecular formula is C12H17N3O3. The molecule has 6 nitrogen and oxygen atoms in total. The number of methoxy groups -OCH3 is 1. The van der Waals surface area contributed by atoms with Crippen molar-refractivity contribution in [2.75, 3.05) is 20.2 Å². The summed E-state index contributed by atoms with van der Waals surface area (Å²) in [5.41, 5.74) is 0.695. The first-order valence-electron chi connectivity index (χ1n) is 5.80. The van der Waals surface area contributed by atoms with E-state index in [0.717, 1.165) is 5.56 Å². The summed E-state index contributed by atoms with van der Waals surface area (Å²) in [5, 5.41) is 15.3. The molecule has 98 valence electrons. The van der Waals surface area contributed by atoms with E-state index in [4.69, 9.17) is 9.84 Å². The van der Waals surface area contributed by atoms with Crippen LogP contribution >= 0.6 is 0 Å². The topological polar surface area (TPSA) is 83.5 Å². The Morgan fingerprint density at radius 2 is 2.44 bits per heavy atom. The molecule has 1 saturated heterocycles. The van der Waals surface area contributed by atoms with Crippen molar-refractivity contribution in [1.82, 2.24) is 15.6 Å². The zero-order valence-electron chi connectivity index (χ0n) is 10.3. The molecule has 18 heavy (non-hydrogen) atoms. The van der Waals surface area contributed by atoms with Crippen molar-refractivity contribution in [3.8, 4) is 5.88 Å². The Bertz CT molecular complexity index is 432. The molecule has 1 aliphatic rings. The van der Waals surface area contributed by atoms with Gasteiger partial charge in [-0.1, -0.05) is 0 Å². The number of carboxylic acids is 1. The molecule has 0 saturated carbocycles. The van der Waals surface area contributed by atoms with Gasteiger partial charge >= 0.3 is 5.97 Å². The minimum Gasteiger partial charge on any atom is -0.481 e. The van der Waals surface area contributed by atoms with Crippen LogP contribution in [-0.2, 0) is 11.3 Å². The quantitative estimate of drug-likeness (QED) is 0.660. The molecule has 0 atom stereocenters. The molecule has 6 heteroatoms. The second-order valence-electron chi connectivity index (χ2n) is 4.51. The van der Waals surface area contributed by atoms with Crippen LogP contribution in [0.5, 0.6) is 5.88 Å². The van der Waals surface area contributed by atoms with Crippen LogP contribution in [0.3, 0.4) is 0 Å². The van der Waals surface area contributed by atoms with Crippen LogP contribution in [0.1, 0.15) is 12.0 Å². The van der Waals surface area contributed by atoms with Gasteiger partial charge in [0.05, 0.1) is 19.1 Å². The van der Waals surface area contributed by atoms with Crippen LogP contribution in [0.4, 0.5) is 0 Å². The Morgan fingerprint density at radius 1 is 1.67 bits per heavy atom. The van der Waals surface area contributed by atoms with Crippen LogP contribution in [0.2, 0.25) is 0 Å². The fourth-order valence-corrected chi connectivity index (χ4v) is 1.99. The Morgan fingerprint density at radius 3 is 3.00 bits per heavy atom. The van der Waals surface area contributed by atoms with Gasteiger partial charge < -0.3 is 20.5 Å². The summed E-state index contributed by atoms with van der Waals surface area (Å²) in [6.45, 7) is 1.97. The van der Waals surface area contributed by atoms with Crippen LogP contribution < -0.4 is 15.4 Å². The molecule has 2 heterocycles. The highest BCUT2D eigenvalue weighted by Gasteiger charge is 2.38. The molecular weight excluding hydrogens is 234 g/mol. The summed E-state index contributed by atoms with van der Waals surface area (Å²) in [6, 6.07) is 3.73. The number of rotatable bonds is 6. The lowest BCUT2D eigenvalue weighted by Crippen LogP contribution is -2.68. The normalized spacial score (nSPS) is 16.9. The summed E-state index contributed by atoms with van der Waals surface area (Å²) in [4.78, 5) is 14.9. The summed E-state index contributed by atoms with van der Waals surface area (Å²) in [6.07, 6.45) is 1.81. The van der Waals surface area contributed by atoms with E-state index in [0.29, 0.717) is 25.5 Å². The van der Waals surface area contributed by atoms with Crippen LogP contribution in [-0.4, -0.2) is 41.8 Å². The number of aliphatic carboxylic acids is 1. The first kappa shape index (κ1) is 12.8. The van der Waals surface area contributed by atoms with E-state index in [1.54, 1.807) is 13.3 Å². The fraction of sp³-hybridized carbons (Fsp3) is 0.500. The van der Waals surface area contributed by atoms with Gasteiger partial charge in [0.25, 0.3) is 0 Å². The summed E-state index contributed by atoms with van der Waals surface area (Å²) >= 11 is 0. The maximum Gasteiger partial charge on any atom is 0.305 e. The molecule has 0 unspecified atom stereocenters. The number of aromatic nitrogens is 1. The highest BCUT2D eigenvalue weighted by atomic mass is 16.5. The third-order valence-electron chi connectivity index (χ3n) is 3.09. The van der Waals surface area contributed by atoms with Crippen molar-refractivity contribution in [1.29, 1.82) is 0 Å². The molecule has 0 amide bonds. The SMILES string of the molecule is COc1cc(CNC2(CC(=O)O)CNC2)ccn1. The molecule has 0 bridgehead atoms. The molecule has 0 aromatic carbocycles. The number of ether oxygens (including phenoxy) is 1. The Hall–Kier alpha value is -1.66. The van der Waals surface area contributed by atoms with Crippen molar-refractivity contribution in [2.24, 2.45) is 0 Å². The van der Waals surface area contributed by atoms with Gasteiger partial charge in [-0.15, -0.1) is 0 Å². The monoisotopic (exact) mass is 251 g/mol. The van der Waals surface area contributed by atoms with Crippen molar-refractivity contribution < 1.29 is 14.6 Å². The third kappa shape index (κ3) is 2.96. The fourth-order valence-electron chi connectivity index (χ4n) is 1.99. The summed E-state index contributed by atoms with van der Waals surface area (Å²) in [5.74, 6) is -0.218. The predicted molar refractivity (Wildman–Crippen MR) is 65.5 cm³/mol. The van der Waals surface area contributed by atoms with E-state index < -0.39 is 5.97 Å². The number of nitrogens with one attached hydrogen (secondary N) is 2. The summed E-state index contributed by atoms with van der Waals surface area (Å²) < 4.78 is 5.05. The first-order valence-corrected chi connectivity index (χ1v) is 5.80. The lowest BCUT2D eigenvalue weighted by Gasteiger charge is -2.42. The highest BCUT2D eigenvalue weighted by Crippen LogP contribution is 2.17. The number of carboxylic acid groups (broad SMARTS) is 1. The molecule has 1 aromatic heterocycles. The molecule has 3 N–H and O–H groups in total. The second kappa shape index (κ2) is 5.32. The van der Waals surface area contributed by atoms with Crippen LogP contribution in [0.15, 0.2) is 18.3 Å². The van der Waals surface area contributed by atoms with E-state index in [1.165, 1.54) is 0 Å². The Labute approximate surface area is 105 Å². The van der Waals surface area contributed by atoms with Gasteiger partial charge in [-0.2, -0.15) is 0 Å². The number of pyridine rings is 1. The number of carbonyl (C=O) groups is 1. The second-order valence-corrected chi connectivity index (χ2v) is 4.51. The lowest BCUT2D eigenvalue weighted by atomic mass is 9.88. The van der Waals surface area contributed by atoms with E-state index in [-0.39, 0.29) is 12.0 Å². The average Bonchev–Trinajstić information content (AvgIpc) is 2.32. The average molecular weight is 251 g/mol. The molecule has 1 aromatic rings. The molecule has 0 aliphatic carbocycles. The third-order valence-corrected chi connectivity index (χ3v) is 3.09. The van der Waals surface area contributed by atoms with Gasteiger partial charge in [-0.3, -0.25) is 4.79 Å². The molecule has 1 aliphatic heterocycles. The minimum absolute atomic E-state index is 0.127. The largest absolute Gasteiger partial charge is 0.481 e. The first-order chi connectivity index (χ1) is 8.63. The van der Waals surface area contributed by atoms with Crippen molar-refractivity contribution >= 4 is 5.97 Å². The zero-order valence-corrected chi connectivity index (χ0v) is 10.3. The van der Waals surface area contributed by atoms with Crippen LogP contribution in [0, 0.1) is 0 Å². The molecule has 2 rings (SSSR count). The molecule has 0 radical (unpaired) electrons. The molecule has 0 spiro atoms. The van der Waals surface area contributed by atoms with Crippen molar-refractivity contribution in [3.63, 3.8) is 0 Å². The molecule has 1 fully saturated rings. The van der Waals surface area contributed by atoms with E-state index in [9.17, 15) is 4.79 Å². The van der Waals surface area contributed by atoms with Gasteiger partial charge in [0, 0.05) is 31.9 Å². The standard InChI is InChI=1S/C12H17N3O3/c1-18-10-4-9(2-3-14-10)6-15-12(5-11(16)17)7-13-8-12/h2-4,13,15H,5-8H2,1H3,(H,16,17). The Balaban J connectivity index is 1.95. The summed E-state index contributed by atoms with van der Waals surface area (Å²) in [7, 11) is 1.57. The van der Waals surface area contributed by atoms with Gasteiger partial charge in [0.2, 0.25) is 5.88 Å². The van der Waals surface area contributed by atoms with Crippen LogP contribution in [0.25, 0.3) is 0 Å². The smallest absolute Gasteiger partial charge is 0.305 e. The number of nitrogens with zero attached hydrogens (tertiary/aromatic N) is 1. The van der Waals surface area contributed by atoms with E-state index >= 15 is 0 Å². The van der Waals surface area contributed by atoms with Gasteiger partial charge in [-0.05, 0) is 11.6 Å². The Kier molecular flexibility index (Phi) is 3.78. The van der Waals surface area contributed by atoms with Crippen molar-refractivity contribution in [3.05, 3.63) is 23.9 Å². The van der Waals surface area contributed by atoms with E-state index in [1.807, 2.05) is 12.1 Å². The maximum atomic E-state index is 10.8. The highest BCUT2D eigenvalue weighted by molar-refractivity contribution is 5.68. The van der Waals surface area contributed by atoms with Gasteiger partial charge in [0.1, 0.15) is 0 Å². The zero-order chi connectivity index (χ0) is 13.0. The van der Waals surface area contributed by atoms with Crippen molar-refractivity contribution in [2.45, 2.75) is 18.5 Å². The van der Waals surface area contributed by atoms with Gasteiger partial charge in [-0.25, -0.2) is 4.98 Å². The maximum absolute atomic E-state index is 10.8. The van der Waals surface area contributed by atoms with Gasteiger partial charge in [0.15, 0.2) is 0 Å². The van der Waals surface area contributed by atoms with E-state index in [2.05, 4.69) is 15.6 Å². The number of hydrogen-bond acceptors (Lipinski definition) is 5.